The molecule has 5 nitrogen and oxygen atoms in total. The van der Waals surface area contributed by atoms with Gasteiger partial charge in [-0.15, -0.1) is 0 Å². The summed E-state index contributed by atoms with van der Waals surface area (Å²) in [5, 5.41) is 21.2. The molecule has 0 unspecified atom stereocenters. The lowest BCUT2D eigenvalue weighted by Crippen LogP contribution is -2.36. The molecule has 1 heterocycles. The molecule has 0 fully saturated rings. The molecule has 0 amide bonds. The first-order valence-electron chi connectivity index (χ1n) is 8.30. The van der Waals surface area contributed by atoms with Gasteiger partial charge in [-0.05, 0) is 80.1 Å². The molecule has 1 atom stereocenters. The van der Waals surface area contributed by atoms with Crippen molar-refractivity contribution in [2.24, 2.45) is 0 Å². The number of ether oxygens (including phenoxy) is 2. The minimum absolute atomic E-state index is 0.0914. The van der Waals surface area contributed by atoms with Crippen LogP contribution in [0.4, 0.5) is 0 Å². The molecule has 0 spiro atoms. The Morgan fingerprint density at radius 1 is 1.08 bits per heavy atom. The highest BCUT2D eigenvalue weighted by molar-refractivity contribution is 9.11. The number of benzene rings is 2. The molecule has 2 aromatic carbocycles. The number of phenols is 2. The second-order valence-electron chi connectivity index (χ2n) is 6.68. The Bertz CT molecular complexity index is 929. The molecular formula is C19H19Br2NO4. The van der Waals surface area contributed by atoms with Crippen LogP contribution in [0, 0.1) is 0 Å². The lowest BCUT2D eigenvalue weighted by Gasteiger charge is -2.41. The summed E-state index contributed by atoms with van der Waals surface area (Å²) < 4.78 is 12.3. The molecule has 1 aliphatic carbocycles. The van der Waals surface area contributed by atoms with E-state index in [-0.39, 0.29) is 17.5 Å². The largest absolute Gasteiger partial charge is 0.503 e. The third kappa shape index (κ3) is 2.30. The maximum atomic E-state index is 10.7. The summed E-state index contributed by atoms with van der Waals surface area (Å²) >= 11 is 7.11. The molecule has 0 saturated carbocycles. The first kappa shape index (κ1) is 17.9. The molecule has 7 heteroatoms. The highest BCUT2D eigenvalue weighted by atomic mass is 79.9. The molecule has 4 rings (SSSR count). The van der Waals surface area contributed by atoms with E-state index in [2.05, 4.69) is 43.8 Å². The topological polar surface area (TPSA) is 62.2 Å². The lowest BCUT2D eigenvalue weighted by atomic mass is 9.76. The molecule has 2 aromatic rings. The van der Waals surface area contributed by atoms with Crippen LogP contribution in [0.2, 0.25) is 0 Å². The van der Waals surface area contributed by atoms with Crippen molar-refractivity contribution in [3.05, 3.63) is 31.7 Å². The summed E-state index contributed by atoms with van der Waals surface area (Å²) in [6.07, 6.45) is 1.60. The van der Waals surface area contributed by atoms with Crippen LogP contribution < -0.4 is 9.47 Å². The van der Waals surface area contributed by atoms with Crippen molar-refractivity contribution in [1.29, 1.82) is 0 Å². The van der Waals surface area contributed by atoms with Crippen LogP contribution in [0.5, 0.6) is 23.0 Å². The molecule has 0 bridgehead atoms. The zero-order valence-corrected chi connectivity index (χ0v) is 17.9. The second kappa shape index (κ2) is 6.32. The van der Waals surface area contributed by atoms with E-state index in [0.29, 0.717) is 20.4 Å². The quantitative estimate of drug-likeness (QED) is 0.661. The lowest BCUT2D eigenvalue weighted by molar-refractivity contribution is 0.226. The summed E-state index contributed by atoms with van der Waals surface area (Å²) in [5.41, 5.74) is 5.07. The van der Waals surface area contributed by atoms with E-state index in [1.54, 1.807) is 7.11 Å². The molecule has 2 N–H and O–H groups in total. The molecule has 2 aliphatic rings. The average molecular weight is 485 g/mol. The fraction of sp³-hybridized carbons (Fsp3) is 0.368. The van der Waals surface area contributed by atoms with Crippen LogP contribution in [-0.4, -0.2) is 42.9 Å². The maximum Gasteiger partial charge on any atom is 0.173 e. The van der Waals surface area contributed by atoms with Gasteiger partial charge in [0.25, 0.3) is 0 Å². The number of aromatic hydroxyl groups is 2. The van der Waals surface area contributed by atoms with Crippen molar-refractivity contribution in [1.82, 2.24) is 4.90 Å². The fourth-order valence-electron chi connectivity index (χ4n) is 4.18. The zero-order chi connectivity index (χ0) is 18.7. The van der Waals surface area contributed by atoms with Crippen molar-refractivity contribution in [3.8, 4) is 34.1 Å². The number of hydrogen-bond acceptors (Lipinski definition) is 5. The first-order chi connectivity index (χ1) is 12.4. The van der Waals surface area contributed by atoms with Gasteiger partial charge in [0.15, 0.2) is 23.0 Å². The highest BCUT2D eigenvalue weighted by Crippen LogP contribution is 2.57. The van der Waals surface area contributed by atoms with E-state index in [1.165, 1.54) is 12.7 Å². The summed E-state index contributed by atoms with van der Waals surface area (Å²) in [4.78, 5) is 2.31. The van der Waals surface area contributed by atoms with Crippen LogP contribution in [0.1, 0.15) is 22.7 Å². The summed E-state index contributed by atoms with van der Waals surface area (Å²) in [6, 6.07) is 1.97. The van der Waals surface area contributed by atoms with E-state index in [9.17, 15) is 10.2 Å². The maximum absolute atomic E-state index is 10.7. The van der Waals surface area contributed by atoms with Gasteiger partial charge in [0.1, 0.15) is 0 Å². The van der Waals surface area contributed by atoms with Crippen molar-refractivity contribution in [2.75, 3.05) is 27.8 Å². The van der Waals surface area contributed by atoms with Crippen LogP contribution in [0.15, 0.2) is 15.0 Å². The Morgan fingerprint density at radius 2 is 1.77 bits per heavy atom. The van der Waals surface area contributed by atoms with Gasteiger partial charge in [0, 0.05) is 18.2 Å². The Balaban J connectivity index is 2.15. The molecule has 0 saturated heterocycles. The second-order valence-corrected chi connectivity index (χ2v) is 8.27. The van der Waals surface area contributed by atoms with Crippen LogP contribution in [-0.2, 0) is 12.8 Å². The molecular weight excluding hydrogens is 466 g/mol. The smallest absolute Gasteiger partial charge is 0.173 e. The van der Waals surface area contributed by atoms with E-state index in [1.807, 2.05) is 6.07 Å². The molecule has 0 radical (unpaired) electrons. The Labute approximate surface area is 168 Å². The van der Waals surface area contributed by atoms with Crippen molar-refractivity contribution in [3.63, 3.8) is 0 Å². The van der Waals surface area contributed by atoms with Gasteiger partial charge in [0.2, 0.25) is 0 Å². The first-order valence-corrected chi connectivity index (χ1v) is 9.89. The van der Waals surface area contributed by atoms with Crippen molar-refractivity contribution < 1.29 is 19.7 Å². The van der Waals surface area contributed by atoms with Gasteiger partial charge in [-0.1, -0.05) is 0 Å². The number of methoxy groups -OCH3 is 2. The number of phenolic OH excluding ortho intramolecular Hbond substituents is 2. The van der Waals surface area contributed by atoms with E-state index in [4.69, 9.17) is 9.47 Å². The van der Waals surface area contributed by atoms with Gasteiger partial charge in [-0.3, -0.25) is 4.90 Å². The third-order valence-electron chi connectivity index (χ3n) is 5.49. The SMILES string of the molecule is COc1cc2c(c(Br)c1O)C[C@H]1c3c(c(Br)c(O)c(OC)c3-2)CCN1C. The number of nitrogens with zero attached hydrogens (tertiary/aromatic N) is 1. The Morgan fingerprint density at radius 3 is 2.42 bits per heavy atom. The Kier molecular flexibility index (Phi) is 4.36. The highest BCUT2D eigenvalue weighted by Gasteiger charge is 2.39. The minimum atomic E-state index is 0.0914. The van der Waals surface area contributed by atoms with Crippen molar-refractivity contribution in [2.45, 2.75) is 18.9 Å². The van der Waals surface area contributed by atoms with E-state index >= 15 is 0 Å². The number of hydrogen-bond donors (Lipinski definition) is 2. The van der Waals surface area contributed by atoms with Gasteiger partial charge in [0.05, 0.1) is 23.2 Å². The predicted molar refractivity (Wildman–Crippen MR) is 106 cm³/mol. The average Bonchev–Trinajstić information content (AvgIpc) is 2.64. The number of rotatable bonds is 2. The zero-order valence-electron chi connectivity index (χ0n) is 14.7. The Hall–Kier alpha value is -1.44. The normalized spacial score (nSPS) is 18.3. The number of halogens is 2. The molecule has 138 valence electrons. The molecule has 0 aromatic heterocycles. The van der Waals surface area contributed by atoms with Gasteiger partial charge >= 0.3 is 0 Å². The number of likely N-dealkylation sites (N-methyl/N-ethyl adjacent to an activating group) is 1. The molecule has 26 heavy (non-hydrogen) atoms. The molecule has 1 aliphatic heterocycles. The summed E-state index contributed by atoms with van der Waals surface area (Å²) in [7, 11) is 5.19. The van der Waals surface area contributed by atoms with E-state index < -0.39 is 0 Å². The van der Waals surface area contributed by atoms with Gasteiger partial charge < -0.3 is 19.7 Å². The monoisotopic (exact) mass is 483 g/mol. The summed E-state index contributed by atoms with van der Waals surface area (Å²) in [5.74, 6) is 1.03. The number of fused-ring (bicyclic) bond motifs is 2. The minimum Gasteiger partial charge on any atom is -0.503 e. The van der Waals surface area contributed by atoms with Crippen LogP contribution in [0.3, 0.4) is 0 Å². The third-order valence-corrected chi connectivity index (χ3v) is 7.20. The van der Waals surface area contributed by atoms with Crippen LogP contribution in [0.25, 0.3) is 11.1 Å². The standard InChI is InChI=1S/C19H19Br2NO4/c1-22-5-4-8-13-11(22)6-10-9(7-12(25-2)17(23)16(10)21)14(13)19(26-3)18(24)15(8)20/h7,11,23-24H,4-6H2,1-3H3/t11-/m0/s1. The van der Waals surface area contributed by atoms with Crippen molar-refractivity contribution >= 4 is 31.9 Å². The van der Waals surface area contributed by atoms with Crippen LogP contribution >= 0.6 is 31.9 Å². The van der Waals surface area contributed by atoms with Gasteiger partial charge in [-0.2, -0.15) is 0 Å². The van der Waals surface area contributed by atoms with E-state index in [0.717, 1.165) is 41.6 Å². The van der Waals surface area contributed by atoms with Gasteiger partial charge in [-0.25, -0.2) is 0 Å². The predicted octanol–water partition coefficient (Wildman–Crippen LogP) is 4.39. The summed E-state index contributed by atoms with van der Waals surface area (Å²) in [6.45, 7) is 0.899. The fourth-order valence-corrected chi connectivity index (χ4v) is 5.34.